The van der Waals surface area contributed by atoms with Gasteiger partial charge < -0.3 is 24.5 Å². The highest BCUT2D eigenvalue weighted by atomic mass is 16.5. The number of fused-ring (bicyclic) bond motifs is 1. The molecule has 0 bridgehead atoms. The summed E-state index contributed by atoms with van der Waals surface area (Å²) in [5.41, 5.74) is 1.16. The molecule has 30 heavy (non-hydrogen) atoms. The smallest absolute Gasteiger partial charge is 0.255 e. The van der Waals surface area contributed by atoms with Gasteiger partial charge in [0.15, 0.2) is 0 Å². The maximum absolute atomic E-state index is 12.1. The minimum atomic E-state index is -0.165. The summed E-state index contributed by atoms with van der Waals surface area (Å²) in [5, 5.41) is 6.75. The number of amides is 1. The number of morpholine rings is 1. The number of ether oxygens (including phenoxy) is 2. The molecule has 2 N–H and O–H groups in total. The van der Waals surface area contributed by atoms with E-state index in [1.807, 2.05) is 18.2 Å². The van der Waals surface area contributed by atoms with Crippen LogP contribution in [0.1, 0.15) is 16.1 Å². The van der Waals surface area contributed by atoms with E-state index in [1.165, 1.54) is 0 Å². The molecule has 0 atom stereocenters. The van der Waals surface area contributed by atoms with Gasteiger partial charge in [0.1, 0.15) is 28.7 Å². The predicted molar refractivity (Wildman–Crippen MR) is 114 cm³/mol. The van der Waals surface area contributed by atoms with Gasteiger partial charge >= 0.3 is 0 Å². The number of carbonyl (C=O) groups is 1. The zero-order chi connectivity index (χ0) is 20.9. The Morgan fingerprint density at radius 2 is 2.00 bits per heavy atom. The third-order valence-corrected chi connectivity index (χ3v) is 5.10. The van der Waals surface area contributed by atoms with Crippen LogP contribution in [0, 0.1) is 6.92 Å². The summed E-state index contributed by atoms with van der Waals surface area (Å²) < 4.78 is 17.1. The molecule has 1 saturated heterocycles. The maximum atomic E-state index is 12.1. The van der Waals surface area contributed by atoms with E-state index in [1.54, 1.807) is 32.3 Å². The van der Waals surface area contributed by atoms with Gasteiger partial charge in [-0.25, -0.2) is 4.98 Å². The molecule has 0 unspecified atom stereocenters. The first-order valence-electron chi connectivity index (χ1n) is 10.1. The molecule has 8 heteroatoms. The fraction of sp³-hybridized carbons (Fsp3) is 0.364. The number of anilines is 1. The van der Waals surface area contributed by atoms with Gasteiger partial charge in [0.25, 0.3) is 5.91 Å². The quantitative estimate of drug-likeness (QED) is 0.619. The van der Waals surface area contributed by atoms with Crippen molar-refractivity contribution in [2.24, 2.45) is 0 Å². The number of hydrogen-bond acceptors (Lipinski definition) is 7. The summed E-state index contributed by atoms with van der Waals surface area (Å²) in [6, 6.07) is 9.14. The SMILES string of the molecule is CNC(=O)c1c(C)oc2cc(Oc3ccnc(NCCN4CCOCC4)c3)ccc12. The van der Waals surface area contributed by atoms with Crippen molar-refractivity contribution >= 4 is 22.7 Å². The molecule has 3 aromatic rings. The number of carbonyl (C=O) groups excluding carboxylic acids is 1. The predicted octanol–water partition coefficient (Wildman–Crippen LogP) is 3.03. The van der Waals surface area contributed by atoms with Gasteiger partial charge in [0.05, 0.1) is 18.8 Å². The average Bonchev–Trinajstić information content (AvgIpc) is 3.09. The molecule has 4 rings (SSSR count). The van der Waals surface area contributed by atoms with Crippen LogP contribution in [0.15, 0.2) is 40.9 Å². The van der Waals surface area contributed by atoms with Crippen molar-refractivity contribution < 1.29 is 18.7 Å². The molecule has 2 aromatic heterocycles. The van der Waals surface area contributed by atoms with Crippen molar-refractivity contribution in [2.45, 2.75) is 6.92 Å². The van der Waals surface area contributed by atoms with Crippen LogP contribution in [0.5, 0.6) is 11.5 Å². The fourth-order valence-electron chi connectivity index (χ4n) is 3.54. The van der Waals surface area contributed by atoms with Gasteiger partial charge in [0, 0.05) is 56.9 Å². The van der Waals surface area contributed by atoms with E-state index in [2.05, 4.69) is 20.5 Å². The molecule has 1 aliphatic rings. The monoisotopic (exact) mass is 410 g/mol. The molecule has 1 aromatic carbocycles. The molecule has 1 amide bonds. The Hall–Kier alpha value is -3.10. The molecule has 158 valence electrons. The molecule has 1 fully saturated rings. The van der Waals surface area contributed by atoms with E-state index in [0.717, 1.165) is 50.6 Å². The number of furan rings is 1. The van der Waals surface area contributed by atoms with E-state index < -0.39 is 0 Å². The van der Waals surface area contributed by atoms with E-state index in [4.69, 9.17) is 13.9 Å². The number of nitrogens with zero attached hydrogens (tertiary/aromatic N) is 2. The molecule has 0 spiro atoms. The fourth-order valence-corrected chi connectivity index (χ4v) is 3.54. The largest absolute Gasteiger partial charge is 0.460 e. The van der Waals surface area contributed by atoms with E-state index in [-0.39, 0.29) is 5.91 Å². The summed E-state index contributed by atoms with van der Waals surface area (Å²) in [5.74, 6) is 2.48. The summed E-state index contributed by atoms with van der Waals surface area (Å²) in [6.07, 6.45) is 1.71. The van der Waals surface area contributed by atoms with Crippen LogP contribution in [0.25, 0.3) is 11.0 Å². The summed E-state index contributed by atoms with van der Waals surface area (Å²) >= 11 is 0. The zero-order valence-electron chi connectivity index (χ0n) is 17.2. The summed E-state index contributed by atoms with van der Waals surface area (Å²) in [7, 11) is 1.61. The van der Waals surface area contributed by atoms with Crippen molar-refractivity contribution in [2.75, 3.05) is 51.8 Å². The van der Waals surface area contributed by atoms with Crippen LogP contribution in [0.4, 0.5) is 5.82 Å². The second kappa shape index (κ2) is 9.15. The lowest BCUT2D eigenvalue weighted by Crippen LogP contribution is -2.39. The summed E-state index contributed by atoms with van der Waals surface area (Å²) in [4.78, 5) is 18.8. The minimum absolute atomic E-state index is 0.165. The lowest BCUT2D eigenvalue weighted by Gasteiger charge is -2.26. The zero-order valence-corrected chi connectivity index (χ0v) is 17.2. The first-order valence-corrected chi connectivity index (χ1v) is 10.1. The van der Waals surface area contributed by atoms with Crippen LogP contribution in [-0.2, 0) is 4.74 Å². The van der Waals surface area contributed by atoms with Crippen molar-refractivity contribution in [1.82, 2.24) is 15.2 Å². The Morgan fingerprint density at radius 3 is 2.80 bits per heavy atom. The van der Waals surface area contributed by atoms with Gasteiger partial charge in [-0.15, -0.1) is 0 Å². The molecule has 0 radical (unpaired) electrons. The number of rotatable bonds is 7. The second-order valence-corrected chi connectivity index (χ2v) is 7.13. The number of nitrogens with one attached hydrogen (secondary N) is 2. The van der Waals surface area contributed by atoms with Gasteiger partial charge in [-0.1, -0.05) is 0 Å². The Morgan fingerprint density at radius 1 is 1.20 bits per heavy atom. The highest BCUT2D eigenvalue weighted by Gasteiger charge is 2.17. The second-order valence-electron chi connectivity index (χ2n) is 7.13. The highest BCUT2D eigenvalue weighted by molar-refractivity contribution is 6.07. The van der Waals surface area contributed by atoms with Gasteiger partial charge in [-0.05, 0) is 25.1 Å². The maximum Gasteiger partial charge on any atom is 0.255 e. The van der Waals surface area contributed by atoms with Gasteiger partial charge in [-0.2, -0.15) is 0 Å². The minimum Gasteiger partial charge on any atom is -0.460 e. The molecule has 1 aliphatic heterocycles. The van der Waals surface area contributed by atoms with E-state index in [9.17, 15) is 4.79 Å². The van der Waals surface area contributed by atoms with Crippen molar-refractivity contribution in [3.05, 3.63) is 47.9 Å². The topological polar surface area (TPSA) is 88.9 Å². The normalized spacial score (nSPS) is 14.6. The third-order valence-electron chi connectivity index (χ3n) is 5.10. The standard InChI is InChI=1S/C22H26N4O4/c1-15-21(22(27)23-2)18-4-3-16(13-19(18)29-15)30-17-5-6-24-20(14-17)25-7-8-26-9-11-28-12-10-26/h3-6,13-14H,7-12H2,1-2H3,(H,23,27)(H,24,25). The molecular weight excluding hydrogens is 384 g/mol. The van der Waals surface area contributed by atoms with Crippen LogP contribution in [0.3, 0.4) is 0 Å². The number of pyridine rings is 1. The third kappa shape index (κ3) is 4.55. The summed E-state index contributed by atoms with van der Waals surface area (Å²) in [6.45, 7) is 7.05. The van der Waals surface area contributed by atoms with Crippen LogP contribution in [-0.4, -0.2) is 62.2 Å². The van der Waals surface area contributed by atoms with Crippen LogP contribution in [0.2, 0.25) is 0 Å². The van der Waals surface area contributed by atoms with E-state index in [0.29, 0.717) is 28.4 Å². The van der Waals surface area contributed by atoms with Gasteiger partial charge in [-0.3, -0.25) is 9.69 Å². The van der Waals surface area contributed by atoms with Crippen LogP contribution >= 0.6 is 0 Å². The van der Waals surface area contributed by atoms with E-state index >= 15 is 0 Å². The number of benzene rings is 1. The molecule has 0 saturated carbocycles. The van der Waals surface area contributed by atoms with Crippen LogP contribution < -0.4 is 15.4 Å². The van der Waals surface area contributed by atoms with Crippen molar-refractivity contribution in [3.63, 3.8) is 0 Å². The van der Waals surface area contributed by atoms with Crippen molar-refractivity contribution in [3.8, 4) is 11.5 Å². The molecule has 3 heterocycles. The average molecular weight is 410 g/mol. The lowest BCUT2D eigenvalue weighted by molar-refractivity contribution is 0.0398. The lowest BCUT2D eigenvalue weighted by atomic mass is 10.1. The highest BCUT2D eigenvalue weighted by Crippen LogP contribution is 2.31. The van der Waals surface area contributed by atoms with Gasteiger partial charge in [0.2, 0.25) is 0 Å². The Balaban J connectivity index is 1.42. The Labute approximate surface area is 175 Å². The molecular formula is C22H26N4O4. The number of aryl methyl sites for hydroxylation is 1. The molecule has 8 nitrogen and oxygen atoms in total. The number of hydrogen-bond donors (Lipinski definition) is 2. The first kappa shape index (κ1) is 20.2. The molecule has 0 aliphatic carbocycles. The Kier molecular flexibility index (Phi) is 6.15. The first-order chi connectivity index (χ1) is 14.6. The van der Waals surface area contributed by atoms with Crippen molar-refractivity contribution in [1.29, 1.82) is 0 Å². The Bertz CT molecular complexity index is 1030. The number of aromatic nitrogens is 1.